The highest BCUT2D eigenvalue weighted by molar-refractivity contribution is 5.66. The molecule has 0 unspecified atom stereocenters. The average Bonchev–Trinajstić information content (AvgIpc) is 2.49. The maximum absolute atomic E-state index is 10.4. The van der Waals surface area contributed by atoms with E-state index in [1.165, 1.54) is 0 Å². The zero-order valence-corrected chi connectivity index (χ0v) is 11.0. The topological polar surface area (TPSA) is 79.9 Å². The predicted molar refractivity (Wildman–Crippen MR) is 69.1 cm³/mol. The van der Waals surface area contributed by atoms with Crippen molar-refractivity contribution in [3.8, 4) is 11.3 Å². The molecule has 19 heavy (non-hydrogen) atoms. The van der Waals surface area contributed by atoms with Gasteiger partial charge < -0.3 is 5.11 Å². The summed E-state index contributed by atoms with van der Waals surface area (Å²) in [5.41, 5.74) is 1.59. The maximum Gasteiger partial charge on any atom is 0.309 e. The van der Waals surface area contributed by atoms with Crippen molar-refractivity contribution in [2.75, 3.05) is 0 Å². The molecule has 2 aromatic rings. The lowest BCUT2D eigenvalue weighted by molar-refractivity contribution is -0.752. The zero-order valence-electron chi connectivity index (χ0n) is 11.0. The number of aromatic nitrogens is 4. The highest BCUT2D eigenvalue weighted by Crippen LogP contribution is 2.11. The molecular weight excluding hydrogens is 244 g/mol. The van der Waals surface area contributed by atoms with Gasteiger partial charge in [0, 0.05) is 24.0 Å². The van der Waals surface area contributed by atoms with Gasteiger partial charge in [0.15, 0.2) is 12.7 Å². The van der Waals surface area contributed by atoms with Gasteiger partial charge in [-0.3, -0.25) is 14.8 Å². The first kappa shape index (κ1) is 14.7. The molecule has 0 saturated heterocycles. The molecule has 2 rings (SSSR count). The molecule has 0 amide bonds. The quantitative estimate of drug-likeness (QED) is 0.840. The number of carboxylic acid groups (broad SMARTS) is 1. The third kappa shape index (κ3) is 4.79. The monoisotopic (exact) mass is 261 g/mol. The van der Waals surface area contributed by atoms with E-state index in [-0.39, 0.29) is 6.42 Å². The number of nitrogens with zero attached hydrogens (tertiary/aromatic N) is 4. The van der Waals surface area contributed by atoms with Crippen LogP contribution in [0, 0.1) is 0 Å². The number of hydrogen-bond acceptors (Lipinski definition) is 4. The Kier molecular flexibility index (Phi) is 6.08. The molecule has 2 aromatic heterocycles. The van der Waals surface area contributed by atoms with Crippen LogP contribution in [-0.4, -0.2) is 26.1 Å². The Bertz CT molecular complexity index is 500. The maximum atomic E-state index is 10.4. The van der Waals surface area contributed by atoms with Crippen LogP contribution >= 0.6 is 0 Å². The molecule has 0 spiro atoms. The summed E-state index contributed by atoms with van der Waals surface area (Å²) < 4.78 is 1.58. The van der Waals surface area contributed by atoms with Crippen molar-refractivity contribution in [2.24, 2.45) is 0 Å². The van der Waals surface area contributed by atoms with Crippen LogP contribution < -0.4 is 4.68 Å². The molecular formula is C13H17N4O2+. The van der Waals surface area contributed by atoms with E-state index in [0.717, 1.165) is 11.3 Å². The normalized spacial score (nSPS) is 9.37. The minimum absolute atomic E-state index is 0.0577. The van der Waals surface area contributed by atoms with E-state index in [1.54, 1.807) is 35.7 Å². The molecule has 6 nitrogen and oxygen atoms in total. The fourth-order valence-electron chi connectivity index (χ4n) is 1.33. The summed E-state index contributed by atoms with van der Waals surface area (Å²) in [6.45, 7) is 4.36. The van der Waals surface area contributed by atoms with Crippen LogP contribution in [0.5, 0.6) is 0 Å². The Labute approximate surface area is 111 Å². The molecule has 2 heterocycles. The summed E-state index contributed by atoms with van der Waals surface area (Å²) >= 11 is 0. The van der Waals surface area contributed by atoms with E-state index in [1.807, 2.05) is 19.9 Å². The Morgan fingerprint density at radius 2 is 2.11 bits per heavy atom. The van der Waals surface area contributed by atoms with Crippen molar-refractivity contribution in [1.29, 1.82) is 0 Å². The third-order valence-electron chi connectivity index (χ3n) is 2.19. The van der Waals surface area contributed by atoms with Gasteiger partial charge in [0.25, 0.3) is 0 Å². The van der Waals surface area contributed by atoms with Crippen molar-refractivity contribution in [1.82, 2.24) is 15.1 Å². The number of rotatable bonds is 4. The van der Waals surface area contributed by atoms with Crippen LogP contribution in [-0.2, 0) is 11.3 Å². The Morgan fingerprint density at radius 3 is 2.63 bits per heavy atom. The molecule has 0 aliphatic heterocycles. The SMILES string of the molecule is CC.O=C(O)CC[n+]1ccc(-c2cnccn2)cn1. The fourth-order valence-corrected chi connectivity index (χ4v) is 1.33. The van der Waals surface area contributed by atoms with Crippen molar-refractivity contribution in [3.63, 3.8) is 0 Å². The lowest BCUT2D eigenvalue weighted by Gasteiger charge is -1.97. The van der Waals surface area contributed by atoms with Gasteiger partial charge in [0.2, 0.25) is 0 Å². The van der Waals surface area contributed by atoms with Gasteiger partial charge in [0.05, 0.1) is 11.9 Å². The van der Waals surface area contributed by atoms with E-state index in [9.17, 15) is 4.79 Å². The van der Waals surface area contributed by atoms with Crippen LogP contribution in [0.3, 0.4) is 0 Å². The molecule has 0 aromatic carbocycles. The van der Waals surface area contributed by atoms with Gasteiger partial charge in [-0.25, -0.2) is 0 Å². The molecule has 100 valence electrons. The van der Waals surface area contributed by atoms with Crippen LogP contribution in [0.4, 0.5) is 0 Å². The van der Waals surface area contributed by atoms with E-state index in [0.29, 0.717) is 6.54 Å². The average molecular weight is 261 g/mol. The zero-order chi connectivity index (χ0) is 14.1. The Morgan fingerprint density at radius 1 is 1.32 bits per heavy atom. The first-order chi connectivity index (χ1) is 9.25. The fraction of sp³-hybridized carbons (Fsp3) is 0.308. The largest absolute Gasteiger partial charge is 0.481 e. The number of hydrogen-bond donors (Lipinski definition) is 1. The second kappa shape index (κ2) is 7.86. The number of aryl methyl sites for hydroxylation is 1. The van der Waals surface area contributed by atoms with Crippen LogP contribution in [0.15, 0.2) is 37.1 Å². The van der Waals surface area contributed by atoms with E-state index in [2.05, 4.69) is 15.1 Å². The number of carboxylic acids is 1. The second-order valence-corrected chi connectivity index (χ2v) is 3.41. The molecule has 6 heteroatoms. The molecule has 1 N–H and O–H groups in total. The van der Waals surface area contributed by atoms with Crippen molar-refractivity contribution < 1.29 is 14.6 Å². The lowest BCUT2D eigenvalue weighted by Crippen LogP contribution is -2.38. The molecule has 0 bridgehead atoms. The number of carbonyl (C=O) groups is 1. The summed E-state index contributed by atoms with van der Waals surface area (Å²) in [5.74, 6) is -0.836. The number of aliphatic carboxylic acids is 1. The summed E-state index contributed by atoms with van der Waals surface area (Å²) in [6.07, 6.45) is 8.30. The van der Waals surface area contributed by atoms with Gasteiger partial charge >= 0.3 is 5.97 Å². The Balaban J connectivity index is 0.000000861. The first-order valence-electron chi connectivity index (χ1n) is 6.09. The molecule has 0 atom stereocenters. The van der Waals surface area contributed by atoms with Crippen LogP contribution in [0.1, 0.15) is 20.3 Å². The van der Waals surface area contributed by atoms with Gasteiger partial charge in [-0.2, -0.15) is 0 Å². The predicted octanol–water partition coefficient (Wildman–Crippen LogP) is 1.33. The smallest absolute Gasteiger partial charge is 0.309 e. The third-order valence-corrected chi connectivity index (χ3v) is 2.19. The van der Waals surface area contributed by atoms with Crippen molar-refractivity contribution in [3.05, 3.63) is 37.1 Å². The molecule has 0 radical (unpaired) electrons. The van der Waals surface area contributed by atoms with E-state index >= 15 is 0 Å². The Hall–Kier alpha value is -2.37. The highest BCUT2D eigenvalue weighted by atomic mass is 16.4. The standard InChI is InChI=1S/C11H10N4O2.C2H6/c16-11(17)2-6-15-5-1-9(7-14-15)10-8-12-3-4-13-10;1-2/h1,3-5,7-8H,2,6H2;1-2H3/p+1. The van der Waals surface area contributed by atoms with Gasteiger partial charge in [-0.05, 0) is 5.10 Å². The highest BCUT2D eigenvalue weighted by Gasteiger charge is 2.07. The molecule has 0 aliphatic rings. The lowest BCUT2D eigenvalue weighted by atomic mass is 10.2. The summed E-state index contributed by atoms with van der Waals surface area (Å²) in [6, 6.07) is 1.83. The molecule has 0 saturated carbocycles. The van der Waals surface area contributed by atoms with Crippen LogP contribution in [0.2, 0.25) is 0 Å². The minimum atomic E-state index is -0.836. The van der Waals surface area contributed by atoms with Gasteiger partial charge in [-0.1, -0.05) is 18.5 Å². The van der Waals surface area contributed by atoms with E-state index in [4.69, 9.17) is 5.11 Å². The molecule has 0 aliphatic carbocycles. The minimum Gasteiger partial charge on any atom is -0.481 e. The van der Waals surface area contributed by atoms with E-state index < -0.39 is 5.97 Å². The summed E-state index contributed by atoms with van der Waals surface area (Å²) in [4.78, 5) is 18.5. The molecule has 0 fully saturated rings. The van der Waals surface area contributed by atoms with Gasteiger partial charge in [0.1, 0.15) is 12.6 Å². The van der Waals surface area contributed by atoms with Crippen molar-refractivity contribution >= 4 is 5.97 Å². The summed E-state index contributed by atoms with van der Waals surface area (Å²) in [7, 11) is 0. The van der Waals surface area contributed by atoms with Gasteiger partial charge in [-0.15, -0.1) is 0 Å². The van der Waals surface area contributed by atoms with Crippen molar-refractivity contribution in [2.45, 2.75) is 26.8 Å². The van der Waals surface area contributed by atoms with Crippen LogP contribution in [0.25, 0.3) is 11.3 Å². The summed E-state index contributed by atoms with van der Waals surface area (Å²) in [5, 5.41) is 12.7. The first-order valence-corrected chi connectivity index (χ1v) is 6.09. The second-order valence-electron chi connectivity index (χ2n) is 3.41.